The molecule has 69 heavy (non-hydrogen) atoms. The number of thiol groups is 1. The number of esters is 1. The predicted molar refractivity (Wildman–Crippen MR) is 274 cm³/mol. The van der Waals surface area contributed by atoms with Gasteiger partial charge in [-0.2, -0.15) is 12.6 Å². The van der Waals surface area contributed by atoms with Crippen LogP contribution in [0.1, 0.15) is 126 Å². The molecule has 13 nitrogen and oxygen atoms in total. The topological polar surface area (TPSA) is 164 Å². The number of cyclic esters (lactones) is 1. The molecule has 3 fully saturated rings. The number of hydrogen-bond donors (Lipinski definition) is 2. The van der Waals surface area contributed by atoms with Gasteiger partial charge in [0, 0.05) is 63.7 Å². The number of methoxy groups -OCH3 is 3. The molecule has 1 amide bonds. The Morgan fingerprint density at radius 2 is 1.57 bits per heavy atom. The summed E-state index contributed by atoms with van der Waals surface area (Å²) in [6, 6.07) is -1.10. The first-order chi connectivity index (χ1) is 32.4. The Kier molecular flexibility index (Phi) is 22.8. The Morgan fingerprint density at radius 3 is 2.22 bits per heavy atom. The van der Waals surface area contributed by atoms with Crippen molar-refractivity contribution in [3.05, 3.63) is 47.6 Å². The molecule has 3 aliphatic heterocycles. The average Bonchev–Trinajstić information content (AvgIpc) is 3.30. The van der Waals surface area contributed by atoms with Gasteiger partial charge in [0.1, 0.15) is 24.0 Å². The van der Waals surface area contributed by atoms with Crippen LogP contribution in [0.5, 0.6) is 0 Å². The molecule has 15 atom stereocenters. The maximum absolute atomic E-state index is 14.5. The fraction of sp³-hybridized carbons (Fsp3) is 0.759. The van der Waals surface area contributed by atoms with Gasteiger partial charge < -0.3 is 38.1 Å². The lowest BCUT2D eigenvalue weighted by Gasteiger charge is -2.42. The number of carbonyl (C=O) groups excluding carboxylic acids is 5. The molecule has 0 aromatic rings. The van der Waals surface area contributed by atoms with Crippen LogP contribution in [0, 0.1) is 35.5 Å². The van der Waals surface area contributed by atoms with Crippen molar-refractivity contribution in [2.24, 2.45) is 35.5 Å². The Morgan fingerprint density at radius 1 is 0.855 bits per heavy atom. The Hall–Kier alpha value is -2.76. The summed E-state index contributed by atoms with van der Waals surface area (Å²) in [4.78, 5) is 73.2. The first kappa shape index (κ1) is 58.8. The molecule has 390 valence electrons. The number of aliphatic hydroxyl groups is 1. The van der Waals surface area contributed by atoms with Gasteiger partial charge in [0.05, 0.1) is 24.4 Å². The van der Waals surface area contributed by atoms with Gasteiger partial charge in [-0.3, -0.25) is 19.2 Å². The van der Waals surface area contributed by atoms with Crippen LogP contribution in [0.15, 0.2) is 47.6 Å². The summed E-state index contributed by atoms with van der Waals surface area (Å²) >= 11 is 4.75. The van der Waals surface area contributed by atoms with Crippen LogP contribution in [0.2, 0.25) is 19.6 Å². The van der Waals surface area contributed by atoms with Crippen molar-refractivity contribution in [2.75, 3.05) is 27.9 Å². The maximum Gasteiger partial charge on any atom is 0.329 e. The van der Waals surface area contributed by atoms with Gasteiger partial charge in [0.15, 0.2) is 14.1 Å². The lowest BCUT2D eigenvalue weighted by molar-refractivity contribution is -0.265. The normalized spacial score (nSPS) is 39.0. The van der Waals surface area contributed by atoms with Gasteiger partial charge in [0.2, 0.25) is 5.79 Å². The summed E-state index contributed by atoms with van der Waals surface area (Å²) in [7, 11) is 2.54. The largest absolute Gasteiger partial charge is 0.460 e. The third-order valence-electron chi connectivity index (χ3n) is 14.9. The van der Waals surface area contributed by atoms with Gasteiger partial charge in [-0.15, -0.1) is 0 Å². The molecule has 0 aromatic carbocycles. The highest BCUT2D eigenvalue weighted by Crippen LogP contribution is 2.38. The van der Waals surface area contributed by atoms with Crippen molar-refractivity contribution in [3.8, 4) is 0 Å². The van der Waals surface area contributed by atoms with Crippen LogP contribution < -0.4 is 0 Å². The van der Waals surface area contributed by atoms with Crippen LogP contribution in [-0.4, -0.2) is 129 Å². The number of Topliss-reactive ketones (excluding diaryl/α,β-unsaturated/α-hetero) is 3. The van der Waals surface area contributed by atoms with Crippen LogP contribution in [-0.2, 0) is 52.1 Å². The molecule has 0 radical (unpaired) electrons. The SMILES string of the molecule is CO[C@H]1C[C@@H]2CC[C@@H](C)[C@@](O)(O2)C(=O)C(=O)N2CCCC[C@H]2C(=O)OC([C@@H](C)C[C@@H]2CC[C@H](S)[C@H](OC)C2)CC(=O)[C@H](C)/C=C(\C)[C@@H](O[Si](C)(C)C)[C@@H](OC)C(=O)[C@H](C)C[C@H](C)/C=C/C=C/C=C/1C. The molecule has 0 spiro atoms. The van der Waals surface area contributed by atoms with Crippen LogP contribution in [0.3, 0.4) is 0 Å². The maximum atomic E-state index is 14.5. The van der Waals surface area contributed by atoms with Crippen LogP contribution in [0.25, 0.3) is 0 Å². The molecule has 1 aliphatic carbocycles. The third kappa shape index (κ3) is 16.4. The summed E-state index contributed by atoms with van der Waals surface area (Å²) < 4.78 is 36.9. The number of ketones is 3. The number of carbonyl (C=O) groups is 5. The van der Waals surface area contributed by atoms with Crippen molar-refractivity contribution in [1.82, 2.24) is 4.90 Å². The number of rotatable bonds is 8. The van der Waals surface area contributed by atoms with E-state index in [9.17, 15) is 29.1 Å². The summed E-state index contributed by atoms with van der Waals surface area (Å²) in [5.41, 5.74) is 1.60. The molecule has 1 N–H and O–H groups in total. The lowest BCUT2D eigenvalue weighted by atomic mass is 9.79. The van der Waals surface area contributed by atoms with Crippen molar-refractivity contribution in [1.29, 1.82) is 0 Å². The molecule has 15 heteroatoms. The second kappa shape index (κ2) is 26.8. The summed E-state index contributed by atoms with van der Waals surface area (Å²) in [5.74, 6) is -7.10. The Labute approximate surface area is 420 Å². The molecule has 1 saturated carbocycles. The zero-order chi connectivity index (χ0) is 51.4. The van der Waals surface area contributed by atoms with E-state index in [1.54, 1.807) is 28.1 Å². The van der Waals surface area contributed by atoms with E-state index in [1.807, 2.05) is 58.1 Å². The number of allylic oxidation sites excluding steroid dienone is 6. The van der Waals surface area contributed by atoms with Gasteiger partial charge >= 0.3 is 5.97 Å². The zero-order valence-electron chi connectivity index (χ0n) is 44.1. The van der Waals surface area contributed by atoms with Crippen molar-refractivity contribution < 1.29 is 57.2 Å². The summed E-state index contributed by atoms with van der Waals surface area (Å²) in [6.07, 6.45) is 14.6. The molecule has 2 bridgehead atoms. The fourth-order valence-corrected chi connectivity index (χ4v) is 12.1. The van der Waals surface area contributed by atoms with Crippen LogP contribution in [0.4, 0.5) is 0 Å². The second-order valence-electron chi connectivity index (χ2n) is 21.8. The van der Waals surface area contributed by atoms with Gasteiger partial charge in [-0.05, 0) is 127 Å². The first-order valence-corrected chi connectivity index (χ1v) is 29.5. The van der Waals surface area contributed by atoms with E-state index >= 15 is 0 Å². The number of fused-ring (bicyclic) bond motifs is 3. The third-order valence-corrected chi connectivity index (χ3v) is 16.5. The van der Waals surface area contributed by atoms with E-state index in [0.717, 1.165) is 24.8 Å². The predicted octanol–water partition coefficient (Wildman–Crippen LogP) is 8.98. The minimum atomic E-state index is -2.41. The van der Waals surface area contributed by atoms with E-state index in [0.29, 0.717) is 50.5 Å². The average molecular weight is 1000 g/mol. The number of ether oxygens (including phenoxy) is 5. The smallest absolute Gasteiger partial charge is 0.329 e. The zero-order valence-corrected chi connectivity index (χ0v) is 46.0. The van der Waals surface area contributed by atoms with Crippen LogP contribution >= 0.6 is 12.6 Å². The first-order valence-electron chi connectivity index (χ1n) is 25.6. The fourth-order valence-electron chi connectivity index (χ4n) is 10.6. The minimum absolute atomic E-state index is 0.0252. The van der Waals surface area contributed by atoms with Gasteiger partial charge in [-0.25, -0.2) is 4.79 Å². The molecule has 1 unspecified atom stereocenters. The Bertz CT molecular complexity index is 1880. The monoisotopic (exact) mass is 1000 g/mol. The molecule has 3 heterocycles. The van der Waals surface area contributed by atoms with E-state index < -0.39 is 80.2 Å². The number of amides is 1. The lowest BCUT2D eigenvalue weighted by Crippen LogP contribution is -2.61. The van der Waals surface area contributed by atoms with Crippen molar-refractivity contribution in [3.63, 3.8) is 0 Å². The highest BCUT2D eigenvalue weighted by Gasteiger charge is 2.53. The van der Waals surface area contributed by atoms with E-state index in [1.165, 1.54) is 12.0 Å². The highest BCUT2D eigenvalue weighted by molar-refractivity contribution is 7.81. The Balaban J connectivity index is 1.76. The summed E-state index contributed by atoms with van der Waals surface area (Å²) in [6.45, 7) is 19.6. The minimum Gasteiger partial charge on any atom is -0.460 e. The molecule has 2 saturated heterocycles. The van der Waals surface area contributed by atoms with E-state index in [2.05, 4.69) is 32.6 Å². The number of piperidine rings is 1. The molecule has 0 aromatic heterocycles. The van der Waals surface area contributed by atoms with E-state index in [-0.39, 0.29) is 66.0 Å². The number of nitrogens with zero attached hydrogens (tertiary/aromatic N) is 1. The quantitative estimate of drug-likeness (QED) is 0.0782. The second-order valence-corrected chi connectivity index (χ2v) is 26.9. The highest BCUT2D eigenvalue weighted by atomic mass is 32.1. The van der Waals surface area contributed by atoms with E-state index in [4.69, 9.17) is 40.7 Å². The van der Waals surface area contributed by atoms with Gasteiger partial charge in [-0.1, -0.05) is 71.1 Å². The number of hydrogen-bond acceptors (Lipinski definition) is 13. The summed E-state index contributed by atoms with van der Waals surface area (Å²) in [5, 5.41) is 12.1. The molecular weight excluding hydrogens is 915 g/mol. The van der Waals surface area contributed by atoms with Crippen molar-refractivity contribution in [2.45, 2.75) is 199 Å². The molecule has 4 rings (SSSR count). The molecular formula is C54H87NO12SSi. The molecule has 4 aliphatic rings. The van der Waals surface area contributed by atoms with Gasteiger partial charge in [0.25, 0.3) is 11.7 Å². The van der Waals surface area contributed by atoms with Crippen molar-refractivity contribution >= 4 is 50.2 Å². The standard InChI is InChI=1S/C54H87NO12SSi/c1-33-19-15-14-16-20-34(2)44(62-8)31-41-24-22-39(7)54(61,66-41)51(58)52(59)55-26-18-17-21-42(55)53(60)65-45(36(4)29-40-23-25-47(68)46(30-40)63-9)32-43(56)35(3)28-38(6)49(67-69(11,12)13)50(64-10)48(57)37(5)27-33/h14-16,19-20,28,33,35-37,39-42,44-47,49-50,61,68H,17-18,21-27,29-32H2,1-13H3/b16-14+,19-15+,34-20+,38-28+/t33-,35-,36+,37-,39-,40+,41+,42+,44+,45?,46-,47+,49-,50+,54-/m1/s1.